The summed E-state index contributed by atoms with van der Waals surface area (Å²) in [5.74, 6) is 5.74. The first-order valence-corrected chi connectivity index (χ1v) is 36.6. The van der Waals surface area contributed by atoms with E-state index in [-0.39, 0.29) is 58.6 Å². The van der Waals surface area contributed by atoms with Gasteiger partial charge in [-0.25, -0.2) is 0 Å². The molecule has 2 aliphatic carbocycles. The van der Waals surface area contributed by atoms with Crippen LogP contribution in [0.5, 0.6) is 57.5 Å². The van der Waals surface area contributed by atoms with Gasteiger partial charge in [-0.1, -0.05) is 24.3 Å². The topological polar surface area (TPSA) is 220 Å². The number of likely N-dealkylation sites (N-methyl/N-ethyl adjacent to an activating group) is 2. The number of rotatable bonds is 22. The standard InChI is InChI=1S/C42H49N3O8.C40H45N3O8/c1-43-33-22-38(36(51-4)21-32(33)40(47)45-25-42(14-15-42)23-34(45)41(43)48)53-17-7-5-6-16-52-37-19-27-8-11-29-18-28(26-9-12-30(49-2)13-10-26)24-44(29)39(46)31(27)20-35(37)50-3;1-41-31-20-36(34(49-4)19-30(31)38(45)43-23-40(12-13-40)21-32(43)39(41)46)51-15-5-14-50-35-17-25-6-9-27-16-26(24-7-10-28(47-2)11-8-24)22-42(27)37(44)29(25)18-33(35)48-3/h9-10,12-13,19-22,24,29,34,41,48H,5-8,11,14-18,23,25H2,1-4H3;7-8,10-11,17-20,22,27,32,39,46H,5-6,9,12-16,21,23H2,1-4H3/t29-,34+,41?;27-,32+,39?/m11/s1. The molecule has 10 aliphatic rings. The lowest BCUT2D eigenvalue weighted by Crippen LogP contribution is -2.47. The second-order valence-corrected chi connectivity index (χ2v) is 29.6. The van der Waals surface area contributed by atoms with Crippen molar-refractivity contribution in [3.63, 3.8) is 0 Å². The fourth-order valence-electron chi connectivity index (χ4n) is 16.9. The highest BCUT2D eigenvalue weighted by atomic mass is 16.5. The average Bonchev–Trinajstić information content (AvgIpc) is 1.57. The summed E-state index contributed by atoms with van der Waals surface area (Å²) >= 11 is 0. The van der Waals surface area contributed by atoms with Crippen molar-refractivity contribution in [2.45, 2.75) is 139 Å². The van der Waals surface area contributed by atoms with Crippen LogP contribution in [-0.4, -0.2) is 186 Å². The summed E-state index contributed by atoms with van der Waals surface area (Å²) in [6.45, 7) is 3.04. The van der Waals surface area contributed by atoms with Gasteiger partial charge in [0.1, 0.15) is 24.0 Å². The maximum Gasteiger partial charge on any atom is 0.258 e. The Morgan fingerprint density at radius 3 is 1.12 bits per heavy atom. The van der Waals surface area contributed by atoms with Crippen molar-refractivity contribution in [1.82, 2.24) is 19.6 Å². The van der Waals surface area contributed by atoms with Gasteiger partial charge in [0.25, 0.3) is 23.6 Å². The average molecular weight is 1420 g/mol. The number of fused-ring (bicyclic) bond motifs is 8. The Labute approximate surface area is 607 Å². The molecule has 548 valence electrons. The minimum absolute atomic E-state index is 0.0109. The smallest absolute Gasteiger partial charge is 0.258 e. The Bertz CT molecular complexity index is 4360. The minimum Gasteiger partial charge on any atom is -0.497 e. The van der Waals surface area contributed by atoms with E-state index in [1.54, 1.807) is 76.7 Å². The van der Waals surface area contributed by atoms with Crippen LogP contribution in [0.4, 0.5) is 11.4 Å². The molecule has 0 radical (unpaired) electrons. The van der Waals surface area contributed by atoms with Gasteiger partial charge in [-0.15, -0.1) is 0 Å². The van der Waals surface area contributed by atoms with Gasteiger partial charge in [0.2, 0.25) is 0 Å². The highest BCUT2D eigenvalue weighted by Gasteiger charge is 2.58. The van der Waals surface area contributed by atoms with E-state index < -0.39 is 12.5 Å². The summed E-state index contributed by atoms with van der Waals surface area (Å²) in [6, 6.07) is 30.3. The van der Waals surface area contributed by atoms with Crippen molar-refractivity contribution in [2.75, 3.05) is 106 Å². The first-order chi connectivity index (χ1) is 50.4. The zero-order valence-electron chi connectivity index (χ0n) is 60.7. The number of methoxy groups -OCH3 is 6. The Hall–Kier alpha value is -9.80. The number of benzene rings is 6. The van der Waals surface area contributed by atoms with Crippen molar-refractivity contribution >= 4 is 46.1 Å². The molecule has 104 heavy (non-hydrogen) atoms. The molecule has 2 saturated carbocycles. The van der Waals surface area contributed by atoms with E-state index in [2.05, 4.69) is 0 Å². The van der Waals surface area contributed by atoms with Crippen LogP contribution < -0.4 is 57.2 Å². The fourth-order valence-corrected chi connectivity index (χ4v) is 16.9. The zero-order valence-corrected chi connectivity index (χ0v) is 60.7. The van der Waals surface area contributed by atoms with E-state index in [9.17, 15) is 29.4 Å². The van der Waals surface area contributed by atoms with E-state index in [0.29, 0.717) is 126 Å². The van der Waals surface area contributed by atoms with E-state index in [1.807, 2.05) is 119 Å². The zero-order chi connectivity index (χ0) is 72.3. The lowest BCUT2D eigenvalue weighted by Gasteiger charge is -2.31. The fraction of sp³-hybridized carbons (Fsp3) is 0.463. The van der Waals surface area contributed by atoms with E-state index >= 15 is 0 Å². The third kappa shape index (κ3) is 13.3. The molecule has 0 aromatic heterocycles. The van der Waals surface area contributed by atoms with Crippen molar-refractivity contribution in [3.8, 4) is 57.5 Å². The third-order valence-corrected chi connectivity index (χ3v) is 23.3. The van der Waals surface area contributed by atoms with Gasteiger partial charge in [-0.3, -0.25) is 19.2 Å². The summed E-state index contributed by atoms with van der Waals surface area (Å²) in [5, 5.41) is 22.6. The molecule has 0 bridgehead atoms. The number of hydrogen-bond donors (Lipinski definition) is 2. The number of ether oxygens (including phenoxy) is 10. The van der Waals surface area contributed by atoms with Crippen LogP contribution in [0.1, 0.15) is 154 Å². The van der Waals surface area contributed by atoms with E-state index in [4.69, 9.17) is 47.4 Å². The molecule has 4 fully saturated rings. The van der Waals surface area contributed by atoms with Crippen LogP contribution in [-0.2, 0) is 12.8 Å². The summed E-state index contributed by atoms with van der Waals surface area (Å²) in [5.41, 5.74) is 10.4. The van der Waals surface area contributed by atoms with Gasteiger partial charge in [0.05, 0.1) is 104 Å². The molecule has 22 heteroatoms. The molecule has 8 aliphatic heterocycles. The monoisotopic (exact) mass is 1420 g/mol. The molecule has 8 heterocycles. The van der Waals surface area contributed by atoms with Crippen molar-refractivity contribution in [2.24, 2.45) is 10.8 Å². The SMILES string of the molecule is COc1ccc(C2=CN3C(=O)c4cc(OC)c(OCCCCCOc5cc6c(cc5OC)C(=O)N5CC7(CC7)C[C@H]5C(O)N6C)cc4CC[C@@H]3C2)cc1.COc1ccc(C2=CN3C(=O)c4cc(OC)c(OCCCOc5cc6c(cc5OC)C(=O)N5CC7(CC7)C[C@H]5C(O)N6C)cc4CC[C@@H]3C2)cc1. The number of aliphatic hydroxyl groups excluding tert-OH is 2. The molecule has 2 unspecified atom stereocenters. The number of nitrogens with zero attached hydrogens (tertiary/aromatic N) is 6. The van der Waals surface area contributed by atoms with Crippen LogP contribution in [0.25, 0.3) is 11.1 Å². The summed E-state index contributed by atoms with van der Waals surface area (Å²) in [7, 11) is 13.3. The Morgan fingerprint density at radius 1 is 0.413 bits per heavy atom. The third-order valence-electron chi connectivity index (χ3n) is 23.3. The van der Waals surface area contributed by atoms with Gasteiger partial charge in [-0.05, 0) is 201 Å². The van der Waals surface area contributed by atoms with Crippen molar-refractivity contribution < 1.29 is 76.8 Å². The van der Waals surface area contributed by atoms with Gasteiger partial charge in [-0.2, -0.15) is 0 Å². The van der Waals surface area contributed by atoms with Gasteiger partial charge >= 0.3 is 0 Å². The highest BCUT2D eigenvalue weighted by molar-refractivity contribution is 6.04. The highest BCUT2D eigenvalue weighted by Crippen LogP contribution is 2.58. The quantitative estimate of drug-likeness (QED) is 0.0603. The van der Waals surface area contributed by atoms with Crippen LogP contribution in [0.2, 0.25) is 0 Å². The number of aryl methyl sites for hydroxylation is 2. The Morgan fingerprint density at radius 2 is 0.769 bits per heavy atom. The molecule has 2 N–H and O–H groups in total. The Kier molecular flexibility index (Phi) is 19.3. The van der Waals surface area contributed by atoms with Crippen LogP contribution in [0.15, 0.2) is 109 Å². The molecule has 4 amide bonds. The second kappa shape index (κ2) is 28.7. The molecule has 6 atom stereocenters. The van der Waals surface area contributed by atoms with E-state index in [0.717, 1.165) is 141 Å². The van der Waals surface area contributed by atoms with Gasteiger partial charge < -0.3 is 87.0 Å². The molecule has 16 rings (SSSR count). The Balaban J connectivity index is 0.000000167. The number of carbonyl (C=O) groups is 4. The lowest BCUT2D eigenvalue weighted by molar-refractivity contribution is 0.0524. The molecule has 6 aromatic rings. The van der Waals surface area contributed by atoms with Crippen LogP contribution >= 0.6 is 0 Å². The van der Waals surface area contributed by atoms with E-state index in [1.165, 1.54) is 0 Å². The molecule has 6 aromatic carbocycles. The predicted molar refractivity (Wildman–Crippen MR) is 391 cm³/mol. The molecular formula is C82H94N6O16. The molecular weight excluding hydrogens is 1320 g/mol. The summed E-state index contributed by atoms with van der Waals surface area (Å²) < 4.78 is 58.1. The largest absolute Gasteiger partial charge is 0.497 e. The summed E-state index contributed by atoms with van der Waals surface area (Å²) in [6.07, 6.45) is 16.4. The number of anilines is 2. The van der Waals surface area contributed by atoms with Crippen LogP contribution in [0, 0.1) is 10.8 Å². The lowest BCUT2D eigenvalue weighted by atomic mass is 9.97. The van der Waals surface area contributed by atoms with Crippen LogP contribution in [0.3, 0.4) is 0 Å². The van der Waals surface area contributed by atoms with Gasteiger partial charge in [0, 0.05) is 81.3 Å². The molecule has 2 spiro atoms. The number of carbonyl (C=O) groups excluding carboxylic acids is 4. The normalized spacial score (nSPS) is 22.5. The van der Waals surface area contributed by atoms with Crippen molar-refractivity contribution in [3.05, 3.63) is 154 Å². The molecule has 2 saturated heterocycles. The number of hydrogen-bond acceptors (Lipinski definition) is 18. The van der Waals surface area contributed by atoms with Crippen molar-refractivity contribution in [1.29, 1.82) is 0 Å². The predicted octanol–water partition coefficient (Wildman–Crippen LogP) is 11.8. The first kappa shape index (κ1) is 69.9. The number of unbranched alkanes of at least 4 members (excludes halogenated alkanes) is 2. The van der Waals surface area contributed by atoms with Gasteiger partial charge in [0.15, 0.2) is 46.0 Å². The second-order valence-electron chi connectivity index (χ2n) is 29.6. The number of amides is 4. The summed E-state index contributed by atoms with van der Waals surface area (Å²) in [4.78, 5) is 66.0. The maximum absolute atomic E-state index is 13.8. The molecule has 22 nitrogen and oxygen atoms in total. The minimum atomic E-state index is -0.805. The maximum atomic E-state index is 13.8. The number of aliphatic hydroxyl groups is 2. The first-order valence-electron chi connectivity index (χ1n) is 36.6.